The summed E-state index contributed by atoms with van der Waals surface area (Å²) in [5, 5.41) is 3.39. The molecule has 3 heteroatoms. The predicted molar refractivity (Wildman–Crippen MR) is 78.3 cm³/mol. The van der Waals surface area contributed by atoms with E-state index >= 15 is 0 Å². The summed E-state index contributed by atoms with van der Waals surface area (Å²) in [4.78, 5) is 2.75. The highest BCUT2D eigenvalue weighted by Gasteiger charge is 2.39. The third-order valence-electron chi connectivity index (χ3n) is 5.67. The fraction of sp³-hybridized carbons (Fsp3) is 1.00. The van der Waals surface area contributed by atoms with E-state index in [2.05, 4.69) is 17.3 Å². The number of likely N-dealkylation sites (tertiary alicyclic amines) is 1. The molecule has 3 fully saturated rings. The Morgan fingerprint density at radius 3 is 2.79 bits per heavy atom. The smallest absolute Gasteiger partial charge is 0.0547 e. The topological polar surface area (TPSA) is 24.5 Å². The zero-order valence-corrected chi connectivity index (χ0v) is 12.5. The first-order valence-corrected chi connectivity index (χ1v) is 8.26. The molecule has 2 saturated heterocycles. The highest BCUT2D eigenvalue weighted by molar-refractivity contribution is 4.91. The van der Waals surface area contributed by atoms with Crippen LogP contribution in [0.15, 0.2) is 0 Å². The van der Waals surface area contributed by atoms with E-state index in [0.717, 1.165) is 31.6 Å². The van der Waals surface area contributed by atoms with Gasteiger partial charge in [-0.15, -0.1) is 0 Å². The molecule has 3 nitrogen and oxygen atoms in total. The Balaban J connectivity index is 1.57. The maximum Gasteiger partial charge on any atom is 0.0547 e. The summed E-state index contributed by atoms with van der Waals surface area (Å²) >= 11 is 0. The Kier molecular flexibility index (Phi) is 4.45. The van der Waals surface area contributed by atoms with Crippen molar-refractivity contribution in [3.05, 3.63) is 0 Å². The normalized spacial score (nSPS) is 40.3. The Morgan fingerprint density at radius 2 is 2.05 bits per heavy atom. The second kappa shape index (κ2) is 6.11. The van der Waals surface area contributed by atoms with Crippen LogP contribution in [0.1, 0.15) is 38.5 Å². The van der Waals surface area contributed by atoms with Crippen molar-refractivity contribution in [2.45, 2.75) is 38.5 Å². The van der Waals surface area contributed by atoms with Crippen molar-refractivity contribution in [1.29, 1.82) is 0 Å². The zero-order chi connectivity index (χ0) is 13.1. The number of rotatable bonds is 4. The van der Waals surface area contributed by atoms with E-state index in [9.17, 15) is 0 Å². The van der Waals surface area contributed by atoms with E-state index in [1.165, 1.54) is 58.2 Å². The van der Waals surface area contributed by atoms with Crippen LogP contribution in [0.25, 0.3) is 0 Å². The summed E-state index contributed by atoms with van der Waals surface area (Å²) in [6.45, 7) is 6.96. The minimum Gasteiger partial charge on any atom is -0.381 e. The number of fused-ring (bicyclic) bond motifs is 1. The molecule has 3 aliphatic rings. The van der Waals surface area contributed by atoms with Gasteiger partial charge in [0.15, 0.2) is 0 Å². The monoisotopic (exact) mass is 266 g/mol. The fourth-order valence-corrected chi connectivity index (χ4v) is 4.64. The summed E-state index contributed by atoms with van der Waals surface area (Å²) in [6.07, 6.45) is 8.62. The molecule has 3 atom stereocenters. The molecule has 0 radical (unpaired) electrons. The second-order valence-electron chi connectivity index (χ2n) is 7.16. The first kappa shape index (κ1) is 13.8. The van der Waals surface area contributed by atoms with Crippen molar-refractivity contribution < 1.29 is 4.74 Å². The third-order valence-corrected chi connectivity index (χ3v) is 5.67. The van der Waals surface area contributed by atoms with Crippen molar-refractivity contribution in [2.75, 3.05) is 46.4 Å². The van der Waals surface area contributed by atoms with Crippen LogP contribution in [-0.2, 0) is 4.74 Å². The third kappa shape index (κ3) is 3.14. The second-order valence-corrected chi connectivity index (χ2v) is 7.16. The first-order valence-electron chi connectivity index (χ1n) is 8.26. The van der Waals surface area contributed by atoms with Gasteiger partial charge in [-0.05, 0) is 44.7 Å². The Bertz CT molecular complexity index is 288. The zero-order valence-electron chi connectivity index (χ0n) is 12.5. The van der Waals surface area contributed by atoms with E-state index in [1.54, 1.807) is 0 Å². The summed E-state index contributed by atoms with van der Waals surface area (Å²) in [7, 11) is 2.08. The van der Waals surface area contributed by atoms with Gasteiger partial charge in [0.1, 0.15) is 0 Å². The van der Waals surface area contributed by atoms with Gasteiger partial charge in [0.2, 0.25) is 0 Å². The van der Waals surface area contributed by atoms with Crippen LogP contribution in [0.3, 0.4) is 0 Å². The van der Waals surface area contributed by atoms with E-state index in [4.69, 9.17) is 4.74 Å². The largest absolute Gasteiger partial charge is 0.381 e. The number of nitrogens with one attached hydrogen (secondary N) is 1. The molecule has 110 valence electrons. The lowest BCUT2D eigenvalue weighted by Gasteiger charge is -2.44. The van der Waals surface area contributed by atoms with E-state index in [0.29, 0.717) is 5.41 Å². The molecule has 1 N–H and O–H groups in total. The summed E-state index contributed by atoms with van der Waals surface area (Å²) < 4.78 is 5.69. The molecule has 2 aliphatic heterocycles. The highest BCUT2D eigenvalue weighted by atomic mass is 16.5. The number of ether oxygens (including phenoxy) is 1. The predicted octanol–water partition coefficient (Wildman–Crippen LogP) is 2.12. The lowest BCUT2D eigenvalue weighted by molar-refractivity contribution is 0.0454. The van der Waals surface area contributed by atoms with Crippen LogP contribution >= 0.6 is 0 Å². The molecule has 0 aromatic carbocycles. The Morgan fingerprint density at radius 1 is 1.21 bits per heavy atom. The number of nitrogens with zero attached hydrogens (tertiary/aromatic N) is 1. The maximum atomic E-state index is 5.69. The van der Waals surface area contributed by atoms with Crippen LogP contribution in [0.5, 0.6) is 0 Å². The van der Waals surface area contributed by atoms with Crippen molar-refractivity contribution in [3.63, 3.8) is 0 Å². The average Bonchev–Trinajstić information content (AvgIpc) is 2.87. The molecule has 0 spiro atoms. The number of hydrogen-bond donors (Lipinski definition) is 1. The quantitative estimate of drug-likeness (QED) is 0.843. The fourth-order valence-electron chi connectivity index (χ4n) is 4.64. The van der Waals surface area contributed by atoms with Crippen LogP contribution < -0.4 is 5.32 Å². The maximum absolute atomic E-state index is 5.69. The SMILES string of the molecule is CNCC1(CN2CCC3CCCCC3C2)CCOC1. The summed E-state index contributed by atoms with van der Waals surface area (Å²) in [6, 6.07) is 0. The molecule has 3 rings (SSSR count). The molecule has 0 aromatic heterocycles. The first-order chi connectivity index (χ1) is 9.31. The molecule has 1 aliphatic carbocycles. The number of piperidine rings is 1. The number of hydrogen-bond acceptors (Lipinski definition) is 3. The molecular weight excluding hydrogens is 236 g/mol. The lowest BCUT2D eigenvalue weighted by Crippen LogP contribution is -2.49. The molecule has 0 amide bonds. The van der Waals surface area contributed by atoms with Crippen molar-refractivity contribution in [3.8, 4) is 0 Å². The van der Waals surface area contributed by atoms with Gasteiger partial charge in [0, 0.05) is 31.7 Å². The Hall–Kier alpha value is -0.120. The highest BCUT2D eigenvalue weighted by Crippen LogP contribution is 2.38. The molecule has 1 saturated carbocycles. The van der Waals surface area contributed by atoms with E-state index in [-0.39, 0.29) is 0 Å². The van der Waals surface area contributed by atoms with Gasteiger partial charge < -0.3 is 15.0 Å². The van der Waals surface area contributed by atoms with Gasteiger partial charge in [-0.1, -0.05) is 19.3 Å². The van der Waals surface area contributed by atoms with E-state index in [1.807, 2.05) is 0 Å². The summed E-state index contributed by atoms with van der Waals surface area (Å²) in [5.74, 6) is 2.04. The van der Waals surface area contributed by atoms with Gasteiger partial charge in [-0.3, -0.25) is 0 Å². The van der Waals surface area contributed by atoms with Crippen LogP contribution in [0, 0.1) is 17.3 Å². The lowest BCUT2D eigenvalue weighted by atomic mass is 9.74. The van der Waals surface area contributed by atoms with Crippen molar-refractivity contribution in [2.24, 2.45) is 17.3 Å². The van der Waals surface area contributed by atoms with Gasteiger partial charge in [-0.25, -0.2) is 0 Å². The molecule has 3 unspecified atom stereocenters. The van der Waals surface area contributed by atoms with Crippen molar-refractivity contribution >= 4 is 0 Å². The molecule has 0 bridgehead atoms. The van der Waals surface area contributed by atoms with Gasteiger partial charge in [0.25, 0.3) is 0 Å². The Labute approximate surface area is 118 Å². The average molecular weight is 266 g/mol. The molecule has 19 heavy (non-hydrogen) atoms. The minimum absolute atomic E-state index is 0.385. The summed E-state index contributed by atoms with van der Waals surface area (Å²) in [5.41, 5.74) is 0.385. The van der Waals surface area contributed by atoms with Gasteiger partial charge in [-0.2, -0.15) is 0 Å². The van der Waals surface area contributed by atoms with Crippen molar-refractivity contribution in [1.82, 2.24) is 10.2 Å². The molecule has 2 heterocycles. The van der Waals surface area contributed by atoms with Crippen LogP contribution in [-0.4, -0.2) is 51.3 Å². The molecular formula is C16H30N2O. The van der Waals surface area contributed by atoms with Crippen LogP contribution in [0.4, 0.5) is 0 Å². The van der Waals surface area contributed by atoms with E-state index < -0.39 is 0 Å². The van der Waals surface area contributed by atoms with Crippen LogP contribution in [0.2, 0.25) is 0 Å². The molecule has 0 aromatic rings. The van der Waals surface area contributed by atoms with Gasteiger partial charge >= 0.3 is 0 Å². The standard InChI is InChI=1S/C16H30N2O/c1-17-11-16(7-9-19-13-16)12-18-8-6-14-4-2-3-5-15(14)10-18/h14-15,17H,2-13H2,1H3. The van der Waals surface area contributed by atoms with Gasteiger partial charge in [0.05, 0.1) is 6.61 Å². The minimum atomic E-state index is 0.385.